The third-order valence-electron chi connectivity index (χ3n) is 4.75. The van der Waals surface area contributed by atoms with E-state index in [0.29, 0.717) is 10.7 Å². The van der Waals surface area contributed by atoms with Crippen LogP contribution in [0.4, 0.5) is 9.93 Å². The van der Waals surface area contributed by atoms with Crippen LogP contribution in [-0.4, -0.2) is 34.3 Å². The zero-order valence-corrected chi connectivity index (χ0v) is 16.2. The molecule has 1 aliphatic heterocycles. The van der Waals surface area contributed by atoms with Gasteiger partial charge in [-0.1, -0.05) is 53.3 Å². The molecule has 1 unspecified atom stereocenters. The van der Waals surface area contributed by atoms with Gasteiger partial charge in [-0.25, -0.2) is 9.78 Å². The second-order valence-electron chi connectivity index (χ2n) is 6.85. The number of aryl methyl sites for hydroxylation is 1. The summed E-state index contributed by atoms with van der Waals surface area (Å²) in [6, 6.07) is 14.3. The molecule has 1 atom stereocenters. The van der Waals surface area contributed by atoms with Crippen molar-refractivity contribution in [3.8, 4) is 0 Å². The first-order valence-corrected chi connectivity index (χ1v) is 9.55. The predicted octanol–water partition coefficient (Wildman–Crippen LogP) is 3.01. The Balaban J connectivity index is 1.49. The zero-order chi connectivity index (χ0) is 19.9. The van der Waals surface area contributed by atoms with Crippen LogP contribution in [0.2, 0.25) is 0 Å². The quantitative estimate of drug-likeness (QED) is 0.666. The lowest BCUT2D eigenvalue weighted by Crippen LogP contribution is -2.42. The van der Waals surface area contributed by atoms with E-state index in [4.69, 9.17) is 0 Å². The number of para-hydroxylation sites is 1. The van der Waals surface area contributed by atoms with Crippen molar-refractivity contribution in [2.45, 2.75) is 19.4 Å². The van der Waals surface area contributed by atoms with Gasteiger partial charge in [0.05, 0.1) is 10.2 Å². The highest BCUT2D eigenvalue weighted by molar-refractivity contribution is 7.22. The first-order valence-electron chi connectivity index (χ1n) is 8.73. The first kappa shape index (κ1) is 18.1. The maximum atomic E-state index is 12.9. The summed E-state index contributed by atoms with van der Waals surface area (Å²) in [5, 5.41) is 5.80. The van der Waals surface area contributed by atoms with Crippen LogP contribution in [-0.2, 0) is 15.1 Å². The van der Waals surface area contributed by atoms with Crippen molar-refractivity contribution >= 4 is 44.5 Å². The van der Waals surface area contributed by atoms with Crippen molar-refractivity contribution in [2.75, 3.05) is 11.9 Å². The number of urea groups is 1. The number of aromatic nitrogens is 1. The van der Waals surface area contributed by atoms with Crippen LogP contribution in [0.25, 0.3) is 10.2 Å². The van der Waals surface area contributed by atoms with Crippen molar-refractivity contribution in [3.05, 3.63) is 59.7 Å². The third-order valence-corrected chi connectivity index (χ3v) is 5.70. The number of carbonyl (C=O) groups excluding carboxylic acids is 3. The Labute approximate surface area is 165 Å². The number of amides is 4. The Morgan fingerprint density at radius 3 is 2.61 bits per heavy atom. The molecule has 0 bridgehead atoms. The molecule has 4 rings (SSSR count). The molecule has 2 aromatic carbocycles. The predicted molar refractivity (Wildman–Crippen MR) is 107 cm³/mol. The van der Waals surface area contributed by atoms with Gasteiger partial charge < -0.3 is 10.6 Å². The number of thiazole rings is 1. The van der Waals surface area contributed by atoms with Crippen LogP contribution < -0.4 is 10.6 Å². The summed E-state index contributed by atoms with van der Waals surface area (Å²) in [4.78, 5) is 42.9. The highest BCUT2D eigenvalue weighted by Gasteiger charge is 2.49. The van der Waals surface area contributed by atoms with Gasteiger partial charge in [-0.2, -0.15) is 0 Å². The number of rotatable bonds is 4. The van der Waals surface area contributed by atoms with Gasteiger partial charge >= 0.3 is 6.03 Å². The fourth-order valence-corrected chi connectivity index (χ4v) is 4.03. The van der Waals surface area contributed by atoms with Crippen LogP contribution in [0.1, 0.15) is 18.1 Å². The van der Waals surface area contributed by atoms with Crippen molar-refractivity contribution in [3.63, 3.8) is 0 Å². The number of hydrogen-bond acceptors (Lipinski definition) is 5. The first-order chi connectivity index (χ1) is 13.4. The second-order valence-corrected chi connectivity index (χ2v) is 7.88. The largest absolute Gasteiger partial charge is 0.325 e. The van der Waals surface area contributed by atoms with Gasteiger partial charge in [-0.05, 0) is 31.5 Å². The summed E-state index contributed by atoms with van der Waals surface area (Å²) in [7, 11) is 0. The molecule has 1 saturated heterocycles. The molecule has 0 spiro atoms. The summed E-state index contributed by atoms with van der Waals surface area (Å²) >= 11 is 1.34. The zero-order valence-electron chi connectivity index (χ0n) is 15.4. The lowest BCUT2D eigenvalue weighted by molar-refractivity contribution is -0.133. The molecule has 0 radical (unpaired) electrons. The van der Waals surface area contributed by atoms with E-state index in [0.717, 1.165) is 20.7 Å². The van der Waals surface area contributed by atoms with Crippen molar-refractivity contribution in [1.82, 2.24) is 15.2 Å². The number of carbonyl (C=O) groups is 3. The Morgan fingerprint density at radius 2 is 1.89 bits per heavy atom. The molecule has 1 aliphatic rings. The van der Waals surface area contributed by atoms with Gasteiger partial charge in [-0.3, -0.25) is 14.5 Å². The molecule has 0 saturated carbocycles. The number of fused-ring (bicyclic) bond motifs is 1. The average Bonchev–Trinajstić information content (AvgIpc) is 3.16. The van der Waals surface area contributed by atoms with E-state index >= 15 is 0 Å². The molecule has 1 fully saturated rings. The summed E-state index contributed by atoms with van der Waals surface area (Å²) in [6.45, 7) is 3.21. The van der Waals surface area contributed by atoms with Gasteiger partial charge in [0.1, 0.15) is 12.1 Å². The topological polar surface area (TPSA) is 91.4 Å². The Hall–Kier alpha value is -3.26. The molecule has 142 valence electrons. The van der Waals surface area contributed by atoms with E-state index in [9.17, 15) is 14.4 Å². The van der Waals surface area contributed by atoms with Crippen LogP contribution in [0.5, 0.6) is 0 Å². The fourth-order valence-electron chi connectivity index (χ4n) is 3.15. The second kappa shape index (κ2) is 6.72. The van der Waals surface area contributed by atoms with Gasteiger partial charge in [-0.15, -0.1) is 0 Å². The van der Waals surface area contributed by atoms with Gasteiger partial charge in [0, 0.05) is 0 Å². The number of imide groups is 1. The van der Waals surface area contributed by atoms with Crippen LogP contribution in [0.15, 0.2) is 48.5 Å². The minimum atomic E-state index is -1.19. The van der Waals surface area contributed by atoms with Gasteiger partial charge in [0.25, 0.3) is 5.91 Å². The minimum Gasteiger partial charge on any atom is -0.319 e. The van der Waals surface area contributed by atoms with Crippen LogP contribution in [0, 0.1) is 6.92 Å². The lowest BCUT2D eigenvalue weighted by atomic mass is 9.91. The van der Waals surface area contributed by atoms with Crippen molar-refractivity contribution in [1.29, 1.82) is 0 Å². The average molecular weight is 394 g/mol. The summed E-state index contributed by atoms with van der Waals surface area (Å²) in [5.74, 6) is -0.934. The van der Waals surface area contributed by atoms with Gasteiger partial charge in [0.2, 0.25) is 5.91 Å². The number of nitrogens with one attached hydrogen (secondary N) is 2. The highest BCUT2D eigenvalue weighted by atomic mass is 32.1. The molecular weight excluding hydrogens is 376 g/mol. The smallest absolute Gasteiger partial charge is 0.319 e. The summed E-state index contributed by atoms with van der Waals surface area (Å²) < 4.78 is 0.944. The summed E-state index contributed by atoms with van der Waals surface area (Å²) in [6.07, 6.45) is 0. The molecular formula is C20H18N4O3S. The van der Waals surface area contributed by atoms with E-state index in [1.54, 1.807) is 19.1 Å². The lowest BCUT2D eigenvalue weighted by Gasteiger charge is -2.22. The molecule has 4 amide bonds. The molecule has 2 N–H and O–H groups in total. The Bertz CT molecular complexity index is 1060. The number of anilines is 1. The SMILES string of the molecule is Cc1ccc(C2(C)NC(=O)N(CC(=O)Nc3nc4ccccc4s3)C2=O)cc1. The normalized spacial score (nSPS) is 19.1. The van der Waals surface area contributed by atoms with Gasteiger partial charge in [0.15, 0.2) is 5.13 Å². The minimum absolute atomic E-state index is 0.373. The highest BCUT2D eigenvalue weighted by Crippen LogP contribution is 2.29. The van der Waals surface area contributed by atoms with Crippen LogP contribution in [0.3, 0.4) is 0 Å². The molecule has 8 heteroatoms. The standard InChI is InChI=1S/C20H18N4O3S/c1-12-7-9-13(10-8-12)20(2)17(26)24(19(27)23-20)11-16(25)22-18-21-14-5-3-4-6-15(14)28-18/h3-10H,11H2,1-2H3,(H,23,27)(H,21,22,25). The van der Waals surface area contributed by atoms with E-state index < -0.39 is 23.4 Å². The molecule has 0 aliphatic carbocycles. The maximum absolute atomic E-state index is 12.9. The molecule has 2 heterocycles. The van der Waals surface area contributed by atoms with Crippen molar-refractivity contribution in [2.24, 2.45) is 0 Å². The third kappa shape index (κ3) is 3.11. The fraction of sp³-hybridized carbons (Fsp3) is 0.200. The van der Waals surface area contributed by atoms with Crippen LogP contribution >= 0.6 is 11.3 Å². The van der Waals surface area contributed by atoms with E-state index in [2.05, 4.69) is 15.6 Å². The Morgan fingerprint density at radius 1 is 1.18 bits per heavy atom. The molecule has 1 aromatic heterocycles. The van der Waals surface area contributed by atoms with E-state index in [-0.39, 0.29) is 6.54 Å². The number of nitrogens with zero attached hydrogens (tertiary/aromatic N) is 2. The van der Waals surface area contributed by atoms with E-state index in [1.165, 1.54) is 11.3 Å². The van der Waals surface area contributed by atoms with Crippen molar-refractivity contribution < 1.29 is 14.4 Å². The monoisotopic (exact) mass is 394 g/mol. The number of benzene rings is 2. The molecule has 28 heavy (non-hydrogen) atoms. The maximum Gasteiger partial charge on any atom is 0.325 e. The molecule has 3 aromatic rings. The number of hydrogen-bond donors (Lipinski definition) is 2. The molecule has 7 nitrogen and oxygen atoms in total. The Kier molecular flexibility index (Phi) is 4.35. The van der Waals surface area contributed by atoms with E-state index in [1.807, 2.05) is 43.3 Å². The summed E-state index contributed by atoms with van der Waals surface area (Å²) in [5.41, 5.74) is 1.31.